The van der Waals surface area contributed by atoms with Crippen molar-refractivity contribution >= 4 is 23.3 Å². The molecular formula is C30H28ClN3O6. The van der Waals surface area contributed by atoms with E-state index in [4.69, 9.17) is 31.5 Å². The number of non-ortho nitro benzene ring substituents is 1. The van der Waals surface area contributed by atoms with Gasteiger partial charge in [-0.25, -0.2) is 4.79 Å². The Balaban J connectivity index is 1.53. The minimum Gasteiger partial charge on any atom is -0.494 e. The van der Waals surface area contributed by atoms with Gasteiger partial charge in [-0.2, -0.15) is 5.26 Å². The van der Waals surface area contributed by atoms with Crippen LogP contribution in [0.2, 0.25) is 5.02 Å². The Labute approximate surface area is 236 Å². The van der Waals surface area contributed by atoms with Gasteiger partial charge in [-0.1, -0.05) is 62.4 Å². The fourth-order valence-electron chi connectivity index (χ4n) is 4.44. The largest absolute Gasteiger partial charge is 0.494 e. The quantitative estimate of drug-likeness (QED) is 0.0865. The summed E-state index contributed by atoms with van der Waals surface area (Å²) in [5.41, 5.74) is 7.39. The number of hydrogen-bond acceptors (Lipinski definition) is 8. The lowest BCUT2D eigenvalue weighted by atomic mass is 9.83. The smallest absolute Gasteiger partial charge is 0.345 e. The monoisotopic (exact) mass is 561 g/mol. The minimum absolute atomic E-state index is 0.0135. The van der Waals surface area contributed by atoms with Crippen molar-refractivity contribution in [3.05, 3.63) is 104 Å². The third-order valence-electron chi connectivity index (χ3n) is 6.51. The molecule has 206 valence electrons. The van der Waals surface area contributed by atoms with Gasteiger partial charge in [0.2, 0.25) is 5.88 Å². The van der Waals surface area contributed by atoms with Crippen molar-refractivity contribution in [3.63, 3.8) is 0 Å². The minimum atomic E-state index is -0.872. The molecule has 1 atom stereocenters. The first-order valence-corrected chi connectivity index (χ1v) is 13.3. The van der Waals surface area contributed by atoms with E-state index in [1.807, 2.05) is 24.3 Å². The predicted molar refractivity (Wildman–Crippen MR) is 150 cm³/mol. The van der Waals surface area contributed by atoms with Crippen LogP contribution in [0.4, 0.5) is 5.69 Å². The number of rotatable bonds is 11. The lowest BCUT2D eigenvalue weighted by molar-refractivity contribution is -0.384. The number of nitrogens with two attached hydrogens (primary N) is 1. The van der Waals surface area contributed by atoms with Gasteiger partial charge in [-0.05, 0) is 36.2 Å². The molecule has 0 aromatic heterocycles. The summed E-state index contributed by atoms with van der Waals surface area (Å²) in [5.74, 6) is -0.275. The lowest BCUT2D eigenvalue weighted by Crippen LogP contribution is -2.21. The summed E-state index contributed by atoms with van der Waals surface area (Å²) in [5, 5.41) is 20.9. The van der Waals surface area contributed by atoms with Crippen LogP contribution in [0.1, 0.15) is 66.4 Å². The van der Waals surface area contributed by atoms with Crippen LogP contribution < -0.4 is 19.9 Å². The molecule has 1 heterocycles. The molecule has 4 rings (SSSR count). The number of hydrogen-bond donors (Lipinski definition) is 1. The van der Waals surface area contributed by atoms with Crippen LogP contribution in [0, 0.1) is 21.4 Å². The molecule has 1 aliphatic heterocycles. The standard InChI is InChI=1S/C30H28ClN3O6/c1-2-3-4-5-6-15-38-21-10-7-19(8-11-21)28-23-13-12-22(17-27(23)40-29(33)25(28)18-32)39-30(35)24-16-20(34(36)37)9-14-26(24)31/h7-14,16-17,28H,2-6,15,33H2,1H3. The van der Waals surface area contributed by atoms with Gasteiger partial charge in [0.1, 0.15) is 28.9 Å². The molecule has 0 fully saturated rings. The Kier molecular flexibility index (Phi) is 9.25. The molecule has 0 aliphatic carbocycles. The second-order valence-electron chi connectivity index (χ2n) is 9.27. The SMILES string of the molecule is CCCCCCCOc1ccc(C2C(C#N)=C(N)Oc3cc(OC(=O)c4cc([N+](=O)[O-])ccc4Cl)ccc32)cc1. The highest BCUT2D eigenvalue weighted by atomic mass is 35.5. The first kappa shape index (κ1) is 28.5. The van der Waals surface area contributed by atoms with E-state index in [9.17, 15) is 20.2 Å². The van der Waals surface area contributed by atoms with Crippen LogP contribution in [0.25, 0.3) is 0 Å². The van der Waals surface area contributed by atoms with Crippen molar-refractivity contribution in [2.75, 3.05) is 6.61 Å². The van der Waals surface area contributed by atoms with Crippen molar-refractivity contribution in [1.29, 1.82) is 5.26 Å². The summed E-state index contributed by atoms with van der Waals surface area (Å²) >= 11 is 6.07. The Morgan fingerprint density at radius 2 is 1.80 bits per heavy atom. The van der Waals surface area contributed by atoms with Crippen molar-refractivity contribution in [2.24, 2.45) is 5.73 Å². The van der Waals surface area contributed by atoms with E-state index in [-0.39, 0.29) is 33.5 Å². The molecule has 1 unspecified atom stereocenters. The van der Waals surface area contributed by atoms with E-state index in [1.54, 1.807) is 12.1 Å². The number of allylic oxidation sites excluding steroid dienone is 1. The maximum absolute atomic E-state index is 12.7. The third-order valence-corrected chi connectivity index (χ3v) is 6.84. The maximum Gasteiger partial charge on any atom is 0.345 e. The number of carbonyl (C=O) groups is 1. The molecule has 3 aromatic carbocycles. The number of ether oxygens (including phenoxy) is 3. The number of unbranched alkanes of at least 4 members (excludes halogenated alkanes) is 4. The number of halogens is 1. The number of fused-ring (bicyclic) bond motifs is 1. The zero-order valence-electron chi connectivity index (χ0n) is 21.9. The lowest BCUT2D eigenvalue weighted by Gasteiger charge is -2.26. The molecule has 1 aliphatic rings. The van der Waals surface area contributed by atoms with Crippen LogP contribution in [0.15, 0.2) is 72.1 Å². The number of nitro groups is 1. The van der Waals surface area contributed by atoms with Crippen molar-refractivity contribution in [1.82, 2.24) is 0 Å². The molecule has 9 nitrogen and oxygen atoms in total. The fourth-order valence-corrected chi connectivity index (χ4v) is 4.63. The zero-order valence-corrected chi connectivity index (χ0v) is 22.6. The number of benzene rings is 3. The molecule has 0 spiro atoms. The average Bonchev–Trinajstić information content (AvgIpc) is 2.94. The van der Waals surface area contributed by atoms with Crippen LogP contribution in [-0.2, 0) is 0 Å². The Bertz CT molecular complexity index is 1480. The second-order valence-corrected chi connectivity index (χ2v) is 9.67. The summed E-state index contributed by atoms with van der Waals surface area (Å²) in [6.07, 6.45) is 5.76. The molecular weight excluding hydrogens is 534 g/mol. The highest BCUT2D eigenvalue weighted by molar-refractivity contribution is 6.33. The number of nitrogens with zero attached hydrogens (tertiary/aromatic N) is 2. The van der Waals surface area contributed by atoms with Crippen molar-refractivity contribution in [2.45, 2.75) is 44.9 Å². The van der Waals surface area contributed by atoms with E-state index in [0.717, 1.165) is 30.2 Å². The molecule has 40 heavy (non-hydrogen) atoms. The first-order chi connectivity index (χ1) is 19.3. The van der Waals surface area contributed by atoms with Gasteiger partial charge in [0, 0.05) is 23.8 Å². The fraction of sp³-hybridized carbons (Fsp3) is 0.267. The van der Waals surface area contributed by atoms with E-state index < -0.39 is 16.8 Å². The Morgan fingerprint density at radius 3 is 2.50 bits per heavy atom. The summed E-state index contributed by atoms with van der Waals surface area (Å²) in [4.78, 5) is 23.2. The topological polar surface area (TPSA) is 138 Å². The van der Waals surface area contributed by atoms with E-state index in [2.05, 4.69) is 13.0 Å². The summed E-state index contributed by atoms with van der Waals surface area (Å²) in [6, 6.07) is 17.9. The van der Waals surface area contributed by atoms with Crippen LogP contribution in [0.3, 0.4) is 0 Å². The molecule has 0 bridgehead atoms. The Hall–Kier alpha value is -4.55. The molecule has 10 heteroatoms. The van der Waals surface area contributed by atoms with E-state index in [0.29, 0.717) is 17.9 Å². The summed E-state index contributed by atoms with van der Waals surface area (Å²) in [6.45, 7) is 2.82. The van der Waals surface area contributed by atoms with Crippen molar-refractivity contribution < 1.29 is 23.9 Å². The van der Waals surface area contributed by atoms with Gasteiger partial charge in [0.25, 0.3) is 5.69 Å². The van der Waals surface area contributed by atoms with E-state index in [1.165, 1.54) is 37.5 Å². The number of nitriles is 1. The highest BCUT2D eigenvalue weighted by Crippen LogP contribution is 2.43. The van der Waals surface area contributed by atoms with Crippen LogP contribution in [-0.4, -0.2) is 17.5 Å². The third kappa shape index (κ3) is 6.53. The zero-order chi connectivity index (χ0) is 28.6. The summed E-state index contributed by atoms with van der Waals surface area (Å²) in [7, 11) is 0. The normalized spacial score (nSPS) is 14.1. The molecule has 0 radical (unpaired) electrons. The highest BCUT2D eigenvalue weighted by Gasteiger charge is 2.31. The van der Waals surface area contributed by atoms with Gasteiger partial charge >= 0.3 is 5.97 Å². The summed E-state index contributed by atoms with van der Waals surface area (Å²) < 4.78 is 17.0. The average molecular weight is 562 g/mol. The van der Waals surface area contributed by atoms with Gasteiger partial charge in [-0.15, -0.1) is 0 Å². The van der Waals surface area contributed by atoms with Gasteiger partial charge in [-0.3, -0.25) is 10.1 Å². The number of nitro benzene ring substituents is 1. The molecule has 0 saturated heterocycles. The predicted octanol–water partition coefficient (Wildman–Crippen LogP) is 7.03. The molecule has 0 amide bonds. The molecule has 2 N–H and O–H groups in total. The van der Waals surface area contributed by atoms with E-state index >= 15 is 0 Å². The van der Waals surface area contributed by atoms with Crippen LogP contribution in [0.5, 0.6) is 17.2 Å². The van der Waals surface area contributed by atoms with Gasteiger partial charge in [0.05, 0.1) is 28.0 Å². The van der Waals surface area contributed by atoms with Gasteiger partial charge < -0.3 is 19.9 Å². The first-order valence-electron chi connectivity index (χ1n) is 12.9. The number of carbonyl (C=O) groups excluding carboxylic acids is 1. The second kappa shape index (κ2) is 13.0. The maximum atomic E-state index is 12.7. The van der Waals surface area contributed by atoms with Gasteiger partial charge in [0.15, 0.2) is 0 Å². The van der Waals surface area contributed by atoms with Crippen molar-refractivity contribution in [3.8, 4) is 23.3 Å². The Morgan fingerprint density at radius 1 is 1.07 bits per heavy atom. The van der Waals surface area contributed by atoms with Crippen LogP contribution >= 0.6 is 11.6 Å². The number of esters is 1. The molecule has 0 saturated carbocycles. The molecule has 3 aromatic rings.